The van der Waals surface area contributed by atoms with Crippen LogP contribution in [-0.2, 0) is 0 Å². The Morgan fingerprint density at radius 1 is 0.340 bits per heavy atom. The van der Waals surface area contributed by atoms with E-state index >= 15 is 0 Å². The monoisotopic (exact) mass is 677 g/mol. The van der Waals surface area contributed by atoms with Crippen molar-refractivity contribution in [1.82, 2.24) is 24.5 Å². The van der Waals surface area contributed by atoms with Crippen molar-refractivity contribution in [3.63, 3.8) is 0 Å². The lowest BCUT2D eigenvalue weighted by molar-refractivity contribution is 1.05. The van der Waals surface area contributed by atoms with Gasteiger partial charge in [0.15, 0.2) is 17.5 Å². The van der Waals surface area contributed by atoms with Crippen molar-refractivity contribution < 1.29 is 0 Å². The van der Waals surface area contributed by atoms with E-state index in [0.717, 1.165) is 44.7 Å². The van der Waals surface area contributed by atoms with Gasteiger partial charge in [-0.3, -0.25) is 4.57 Å². The van der Waals surface area contributed by atoms with Gasteiger partial charge in [0.2, 0.25) is 0 Å². The highest BCUT2D eigenvalue weighted by atomic mass is 15.1. The van der Waals surface area contributed by atoms with E-state index in [1.54, 1.807) is 0 Å². The maximum Gasteiger partial charge on any atom is 0.164 e. The van der Waals surface area contributed by atoms with Gasteiger partial charge in [0.1, 0.15) is 5.82 Å². The molecule has 0 aliphatic rings. The van der Waals surface area contributed by atoms with Gasteiger partial charge in [-0.15, -0.1) is 0 Å². The Morgan fingerprint density at radius 3 is 1.57 bits per heavy atom. The minimum atomic E-state index is 0.584. The molecule has 0 fully saturated rings. The summed E-state index contributed by atoms with van der Waals surface area (Å²) in [5, 5.41) is 4.80. The molecule has 248 valence electrons. The Labute approximate surface area is 306 Å². The van der Waals surface area contributed by atoms with Crippen molar-refractivity contribution in [3.05, 3.63) is 188 Å². The van der Waals surface area contributed by atoms with Crippen molar-refractivity contribution in [2.75, 3.05) is 0 Å². The van der Waals surface area contributed by atoms with E-state index in [1.807, 2.05) is 48.7 Å². The van der Waals surface area contributed by atoms with E-state index in [0.29, 0.717) is 17.5 Å². The Bertz CT molecular complexity index is 2920. The summed E-state index contributed by atoms with van der Waals surface area (Å²) in [6, 6.07) is 63.2. The largest absolute Gasteiger partial charge is 0.294 e. The molecule has 0 N–H and O–H groups in total. The third-order valence-corrected chi connectivity index (χ3v) is 9.91. The quantitative estimate of drug-likeness (QED) is 0.176. The Balaban J connectivity index is 1.16. The number of rotatable bonds is 6. The van der Waals surface area contributed by atoms with Gasteiger partial charge in [0.25, 0.3) is 0 Å². The SMILES string of the molecule is c1ccc(-c2ccc(-c3nc(-c4ccccc4)nc(-c4ccnc(-n5c6cc(-c7ccccc7)ccc6c6c7ccccc7ccc65)c4)n3)cc2)cc1. The molecule has 3 aromatic heterocycles. The normalized spacial score (nSPS) is 11.4. The summed E-state index contributed by atoms with van der Waals surface area (Å²) >= 11 is 0. The summed E-state index contributed by atoms with van der Waals surface area (Å²) in [7, 11) is 0. The summed E-state index contributed by atoms with van der Waals surface area (Å²) in [6.45, 7) is 0. The second-order valence-corrected chi connectivity index (χ2v) is 13.1. The Kier molecular flexibility index (Phi) is 7.40. The molecule has 0 radical (unpaired) electrons. The lowest BCUT2D eigenvalue weighted by Crippen LogP contribution is -2.02. The van der Waals surface area contributed by atoms with Crippen LogP contribution in [0.5, 0.6) is 0 Å². The van der Waals surface area contributed by atoms with Crippen LogP contribution >= 0.6 is 0 Å². The predicted molar refractivity (Wildman–Crippen MR) is 217 cm³/mol. The maximum absolute atomic E-state index is 5.08. The first-order valence-corrected chi connectivity index (χ1v) is 17.7. The highest BCUT2D eigenvalue weighted by molar-refractivity contribution is 6.21. The van der Waals surface area contributed by atoms with Gasteiger partial charge in [0, 0.05) is 33.7 Å². The highest BCUT2D eigenvalue weighted by Gasteiger charge is 2.18. The van der Waals surface area contributed by atoms with E-state index in [4.69, 9.17) is 19.9 Å². The number of benzene rings is 7. The summed E-state index contributed by atoms with van der Waals surface area (Å²) in [4.78, 5) is 20.1. The van der Waals surface area contributed by atoms with Crippen LogP contribution in [-0.4, -0.2) is 24.5 Å². The first-order valence-electron chi connectivity index (χ1n) is 17.7. The number of hydrogen-bond acceptors (Lipinski definition) is 4. The fourth-order valence-electron chi connectivity index (χ4n) is 7.32. The summed E-state index contributed by atoms with van der Waals surface area (Å²) < 4.78 is 2.27. The molecule has 5 nitrogen and oxygen atoms in total. The number of pyridine rings is 1. The molecule has 53 heavy (non-hydrogen) atoms. The van der Waals surface area contributed by atoms with E-state index in [9.17, 15) is 0 Å². The van der Waals surface area contributed by atoms with Gasteiger partial charge >= 0.3 is 0 Å². The average Bonchev–Trinajstić information content (AvgIpc) is 3.59. The molecule has 0 saturated heterocycles. The molecular weight excluding hydrogens is 647 g/mol. The molecule has 10 aromatic rings. The van der Waals surface area contributed by atoms with E-state index in [2.05, 4.69) is 144 Å². The van der Waals surface area contributed by atoms with Crippen LogP contribution in [0.25, 0.3) is 94.8 Å². The molecule has 0 aliphatic carbocycles. The van der Waals surface area contributed by atoms with Gasteiger partial charge < -0.3 is 0 Å². The van der Waals surface area contributed by atoms with Crippen LogP contribution in [0.2, 0.25) is 0 Å². The maximum atomic E-state index is 5.08. The lowest BCUT2D eigenvalue weighted by atomic mass is 10.0. The topological polar surface area (TPSA) is 56.5 Å². The van der Waals surface area contributed by atoms with Crippen LogP contribution in [0.3, 0.4) is 0 Å². The summed E-state index contributed by atoms with van der Waals surface area (Å²) in [6.07, 6.45) is 1.85. The molecule has 0 aliphatic heterocycles. The number of fused-ring (bicyclic) bond motifs is 5. The molecule has 0 bridgehead atoms. The first kappa shape index (κ1) is 30.6. The molecule has 0 amide bonds. The van der Waals surface area contributed by atoms with E-state index < -0.39 is 0 Å². The van der Waals surface area contributed by atoms with Gasteiger partial charge in [-0.25, -0.2) is 19.9 Å². The molecule has 0 spiro atoms. The van der Waals surface area contributed by atoms with Crippen LogP contribution in [0, 0.1) is 0 Å². The fraction of sp³-hybridized carbons (Fsp3) is 0. The molecule has 10 rings (SSSR count). The molecular formula is C48H31N5. The second-order valence-electron chi connectivity index (χ2n) is 13.1. The molecule has 0 atom stereocenters. The van der Waals surface area contributed by atoms with Crippen molar-refractivity contribution in [2.24, 2.45) is 0 Å². The molecule has 0 saturated carbocycles. The zero-order valence-corrected chi connectivity index (χ0v) is 28.6. The predicted octanol–water partition coefficient (Wildman–Crippen LogP) is 11.9. The van der Waals surface area contributed by atoms with E-state index in [-0.39, 0.29) is 0 Å². The van der Waals surface area contributed by atoms with Gasteiger partial charge in [0.05, 0.1) is 11.0 Å². The molecule has 5 heteroatoms. The minimum Gasteiger partial charge on any atom is -0.294 e. The molecule has 7 aromatic carbocycles. The third kappa shape index (κ3) is 5.52. The standard InChI is InChI=1S/C48H31N5/c1-4-12-32(13-5-1)34-20-22-37(23-21-34)47-50-46(36-17-8-3-9-18-36)51-48(52-47)39-28-29-49-44(31-39)53-42-27-25-35-16-10-11-19-40(35)45(42)41-26-24-38(30-43(41)53)33-14-6-2-7-15-33/h1-31H. The van der Waals surface area contributed by atoms with Crippen LogP contribution < -0.4 is 0 Å². The van der Waals surface area contributed by atoms with Crippen molar-refractivity contribution in [1.29, 1.82) is 0 Å². The average molecular weight is 678 g/mol. The summed E-state index contributed by atoms with van der Waals surface area (Å²) in [5.41, 5.74) is 9.50. The van der Waals surface area contributed by atoms with Gasteiger partial charge in [-0.1, -0.05) is 158 Å². The zero-order valence-electron chi connectivity index (χ0n) is 28.6. The molecule has 0 unspecified atom stereocenters. The minimum absolute atomic E-state index is 0.584. The first-order chi connectivity index (χ1) is 26.3. The van der Waals surface area contributed by atoms with Gasteiger partial charge in [-0.05, 0) is 57.3 Å². The number of nitrogens with zero attached hydrogens (tertiary/aromatic N) is 5. The lowest BCUT2D eigenvalue weighted by Gasteiger charge is -2.11. The van der Waals surface area contributed by atoms with Crippen LogP contribution in [0.15, 0.2) is 188 Å². The smallest absolute Gasteiger partial charge is 0.164 e. The van der Waals surface area contributed by atoms with Crippen molar-refractivity contribution >= 4 is 32.6 Å². The number of hydrogen-bond donors (Lipinski definition) is 0. The number of aromatic nitrogens is 5. The second kappa shape index (κ2) is 12.8. The molecule has 3 heterocycles. The summed E-state index contributed by atoms with van der Waals surface area (Å²) in [5.74, 6) is 2.61. The van der Waals surface area contributed by atoms with Crippen molar-refractivity contribution in [3.8, 4) is 62.2 Å². The highest BCUT2D eigenvalue weighted by Crippen LogP contribution is 2.39. The third-order valence-electron chi connectivity index (χ3n) is 9.91. The van der Waals surface area contributed by atoms with Crippen molar-refractivity contribution in [2.45, 2.75) is 0 Å². The van der Waals surface area contributed by atoms with Crippen LogP contribution in [0.4, 0.5) is 0 Å². The van der Waals surface area contributed by atoms with E-state index in [1.165, 1.54) is 32.7 Å². The Morgan fingerprint density at radius 2 is 0.868 bits per heavy atom. The fourth-order valence-corrected chi connectivity index (χ4v) is 7.32. The Hall–Kier alpha value is -7.24. The van der Waals surface area contributed by atoms with Gasteiger partial charge in [-0.2, -0.15) is 0 Å². The zero-order chi connectivity index (χ0) is 35.1. The van der Waals surface area contributed by atoms with Crippen LogP contribution in [0.1, 0.15) is 0 Å².